The van der Waals surface area contributed by atoms with E-state index in [1.165, 1.54) is 5.56 Å². The van der Waals surface area contributed by atoms with Gasteiger partial charge in [0.2, 0.25) is 0 Å². The van der Waals surface area contributed by atoms with Crippen LogP contribution in [0.3, 0.4) is 0 Å². The van der Waals surface area contributed by atoms with Crippen molar-refractivity contribution < 1.29 is 14.6 Å². The average Bonchev–Trinajstić information content (AvgIpc) is 3.04. The van der Waals surface area contributed by atoms with Crippen molar-refractivity contribution in [3.63, 3.8) is 0 Å². The Labute approximate surface area is 146 Å². The first-order chi connectivity index (χ1) is 11.7. The number of aliphatic carboxylic acids is 1. The maximum Gasteiger partial charge on any atom is 0.325 e. The molecule has 128 valence electrons. The van der Waals surface area contributed by atoms with Crippen molar-refractivity contribution in [1.82, 2.24) is 9.80 Å². The molecular formula is C18H22N2O3S. The van der Waals surface area contributed by atoms with Crippen LogP contribution in [0.5, 0.6) is 5.06 Å². The first-order valence-corrected chi connectivity index (χ1v) is 8.91. The number of rotatable bonds is 6. The second-order valence-electron chi connectivity index (χ2n) is 5.90. The van der Waals surface area contributed by atoms with Gasteiger partial charge in [-0.05, 0) is 17.0 Å². The van der Waals surface area contributed by atoms with Crippen molar-refractivity contribution in [1.29, 1.82) is 0 Å². The molecule has 5 nitrogen and oxygen atoms in total. The number of hydrogen-bond acceptors (Lipinski definition) is 5. The molecule has 1 N–H and O–H groups in total. The highest BCUT2D eigenvalue weighted by molar-refractivity contribution is 7.12. The van der Waals surface area contributed by atoms with Gasteiger partial charge < -0.3 is 9.84 Å². The Morgan fingerprint density at radius 1 is 1.21 bits per heavy atom. The van der Waals surface area contributed by atoms with Gasteiger partial charge in [-0.25, -0.2) is 0 Å². The number of carboxylic acids is 1. The van der Waals surface area contributed by atoms with Gasteiger partial charge in [-0.3, -0.25) is 14.6 Å². The van der Waals surface area contributed by atoms with Crippen LogP contribution in [0, 0.1) is 0 Å². The maximum atomic E-state index is 11.8. The van der Waals surface area contributed by atoms with Crippen molar-refractivity contribution in [2.75, 3.05) is 33.3 Å². The van der Waals surface area contributed by atoms with Gasteiger partial charge in [0.15, 0.2) is 5.06 Å². The average molecular weight is 346 g/mol. The van der Waals surface area contributed by atoms with Crippen LogP contribution >= 0.6 is 11.3 Å². The summed E-state index contributed by atoms with van der Waals surface area (Å²) in [6, 6.07) is 11.0. The lowest BCUT2D eigenvalue weighted by Gasteiger charge is -2.37. The minimum Gasteiger partial charge on any atom is -0.487 e. The van der Waals surface area contributed by atoms with Gasteiger partial charge in [-0.1, -0.05) is 30.3 Å². The molecule has 0 saturated carbocycles. The van der Waals surface area contributed by atoms with Gasteiger partial charge in [-0.2, -0.15) is 0 Å². The summed E-state index contributed by atoms with van der Waals surface area (Å²) in [5.41, 5.74) is 2.05. The Morgan fingerprint density at radius 2 is 1.92 bits per heavy atom. The number of ether oxygens (including phenoxy) is 1. The van der Waals surface area contributed by atoms with E-state index < -0.39 is 12.0 Å². The van der Waals surface area contributed by atoms with E-state index in [0.717, 1.165) is 43.4 Å². The smallest absolute Gasteiger partial charge is 0.325 e. The summed E-state index contributed by atoms with van der Waals surface area (Å²) < 4.78 is 5.38. The van der Waals surface area contributed by atoms with E-state index in [-0.39, 0.29) is 0 Å². The zero-order valence-corrected chi connectivity index (χ0v) is 14.5. The first-order valence-electron chi connectivity index (χ1n) is 8.03. The Bertz CT molecular complexity index is 666. The highest BCUT2D eigenvalue weighted by Gasteiger charge is 2.30. The summed E-state index contributed by atoms with van der Waals surface area (Å²) in [6.45, 7) is 4.06. The normalized spacial score (nSPS) is 17.5. The van der Waals surface area contributed by atoms with E-state index >= 15 is 0 Å². The van der Waals surface area contributed by atoms with Gasteiger partial charge in [0.1, 0.15) is 6.04 Å². The molecule has 1 unspecified atom stereocenters. The van der Waals surface area contributed by atoms with Gasteiger partial charge in [0.25, 0.3) is 0 Å². The van der Waals surface area contributed by atoms with Gasteiger partial charge >= 0.3 is 5.97 Å². The van der Waals surface area contributed by atoms with Gasteiger partial charge in [0, 0.05) is 38.3 Å². The fraction of sp³-hybridized carbons (Fsp3) is 0.389. The summed E-state index contributed by atoms with van der Waals surface area (Å²) in [5, 5.41) is 12.7. The number of carboxylic acid groups (broad SMARTS) is 1. The number of thiophene rings is 1. The van der Waals surface area contributed by atoms with Crippen LogP contribution < -0.4 is 4.74 Å². The summed E-state index contributed by atoms with van der Waals surface area (Å²) >= 11 is 1.61. The predicted octanol–water partition coefficient (Wildman–Crippen LogP) is 2.70. The lowest BCUT2D eigenvalue weighted by molar-refractivity contribution is -0.144. The zero-order valence-electron chi connectivity index (χ0n) is 13.7. The van der Waals surface area contributed by atoms with Crippen molar-refractivity contribution in [2.24, 2.45) is 0 Å². The molecule has 24 heavy (non-hydrogen) atoms. The standard InChI is InChI=1S/C18H22N2O3S/c1-23-18-15(7-12-24-18)13-19-8-10-20(11-9-19)16(17(21)22)14-5-3-2-4-6-14/h2-7,12,16H,8-11,13H2,1H3,(H,21,22). The van der Waals surface area contributed by atoms with Crippen LogP contribution in [0.2, 0.25) is 0 Å². The number of piperazine rings is 1. The quantitative estimate of drug-likeness (QED) is 0.872. The number of carbonyl (C=O) groups is 1. The van der Waals surface area contributed by atoms with E-state index in [9.17, 15) is 9.90 Å². The molecule has 1 aromatic heterocycles. The molecule has 1 atom stereocenters. The summed E-state index contributed by atoms with van der Waals surface area (Å²) in [7, 11) is 1.70. The van der Waals surface area contributed by atoms with E-state index in [2.05, 4.69) is 15.9 Å². The second-order valence-corrected chi connectivity index (χ2v) is 6.78. The molecule has 1 saturated heterocycles. The Hall–Kier alpha value is -1.89. The fourth-order valence-corrected chi connectivity index (χ4v) is 3.92. The summed E-state index contributed by atoms with van der Waals surface area (Å²) in [6.07, 6.45) is 0. The molecule has 3 rings (SSSR count). The monoisotopic (exact) mass is 346 g/mol. The van der Waals surface area contributed by atoms with Crippen molar-refractivity contribution >= 4 is 17.3 Å². The Balaban J connectivity index is 1.62. The molecule has 1 aromatic carbocycles. The number of methoxy groups -OCH3 is 1. The van der Waals surface area contributed by atoms with Gasteiger partial charge in [-0.15, -0.1) is 11.3 Å². The van der Waals surface area contributed by atoms with E-state index in [1.54, 1.807) is 18.4 Å². The van der Waals surface area contributed by atoms with Crippen LogP contribution in [0.15, 0.2) is 41.8 Å². The number of hydrogen-bond donors (Lipinski definition) is 1. The zero-order chi connectivity index (χ0) is 16.9. The van der Waals surface area contributed by atoms with Crippen molar-refractivity contribution in [2.45, 2.75) is 12.6 Å². The largest absolute Gasteiger partial charge is 0.487 e. The third-order valence-corrected chi connectivity index (χ3v) is 5.32. The molecule has 0 spiro atoms. The molecular weight excluding hydrogens is 324 g/mol. The fourth-order valence-electron chi connectivity index (χ4n) is 3.18. The molecule has 0 aliphatic carbocycles. The third kappa shape index (κ3) is 3.77. The minimum atomic E-state index is -0.783. The molecule has 1 aliphatic rings. The van der Waals surface area contributed by atoms with Crippen molar-refractivity contribution in [3.05, 3.63) is 52.9 Å². The van der Waals surface area contributed by atoms with Crippen LogP contribution in [-0.2, 0) is 11.3 Å². The SMILES string of the molecule is COc1sccc1CN1CCN(C(C(=O)O)c2ccccc2)CC1. The molecule has 2 aromatic rings. The molecule has 1 aliphatic heterocycles. The highest BCUT2D eigenvalue weighted by Crippen LogP contribution is 2.28. The van der Waals surface area contributed by atoms with Crippen molar-refractivity contribution in [3.8, 4) is 5.06 Å². The number of nitrogens with zero attached hydrogens (tertiary/aromatic N) is 2. The molecule has 0 amide bonds. The summed E-state index contributed by atoms with van der Waals surface area (Å²) in [5.74, 6) is -0.783. The van der Waals surface area contributed by atoms with E-state index in [0.29, 0.717) is 0 Å². The molecule has 0 bridgehead atoms. The maximum absolute atomic E-state index is 11.8. The third-order valence-electron chi connectivity index (χ3n) is 4.41. The van der Waals surface area contributed by atoms with Crippen LogP contribution in [0.1, 0.15) is 17.2 Å². The Morgan fingerprint density at radius 3 is 2.54 bits per heavy atom. The molecule has 1 fully saturated rings. The van der Waals surface area contributed by atoms with Crippen LogP contribution in [0.25, 0.3) is 0 Å². The highest BCUT2D eigenvalue weighted by atomic mass is 32.1. The first kappa shape index (κ1) is 17.0. The lowest BCUT2D eigenvalue weighted by atomic mass is 10.0. The lowest BCUT2D eigenvalue weighted by Crippen LogP contribution is -2.48. The van der Waals surface area contributed by atoms with Crippen LogP contribution in [0.4, 0.5) is 0 Å². The molecule has 6 heteroatoms. The molecule has 2 heterocycles. The number of benzene rings is 1. The van der Waals surface area contributed by atoms with Crippen LogP contribution in [-0.4, -0.2) is 54.2 Å². The van der Waals surface area contributed by atoms with Gasteiger partial charge in [0.05, 0.1) is 7.11 Å². The second kappa shape index (κ2) is 7.79. The summed E-state index contributed by atoms with van der Waals surface area (Å²) in [4.78, 5) is 16.2. The minimum absolute atomic E-state index is 0.566. The molecule has 0 radical (unpaired) electrons. The topological polar surface area (TPSA) is 53.0 Å². The van der Waals surface area contributed by atoms with E-state index in [4.69, 9.17) is 4.74 Å². The Kier molecular flexibility index (Phi) is 5.50. The predicted molar refractivity (Wildman–Crippen MR) is 94.5 cm³/mol. The van der Waals surface area contributed by atoms with E-state index in [1.807, 2.05) is 35.7 Å².